The summed E-state index contributed by atoms with van der Waals surface area (Å²) >= 11 is 0. The van der Waals surface area contributed by atoms with E-state index in [-0.39, 0.29) is 25.1 Å². The fourth-order valence-electron chi connectivity index (χ4n) is 0.168. The first-order chi connectivity index (χ1) is 3.06. The van der Waals surface area contributed by atoms with Gasteiger partial charge in [0.15, 0.2) is 0 Å². The zero-order valence-electron chi connectivity index (χ0n) is 4.15. The average Bonchev–Trinajstić information content (AvgIpc) is 1.30. The van der Waals surface area contributed by atoms with E-state index in [0.29, 0.717) is 0 Å². The zero-order valence-corrected chi connectivity index (χ0v) is 5.86. The minimum Gasteiger partial charge on any atom is -0.330 e. The third-order valence-corrected chi connectivity index (χ3v) is 1.26. The molecule has 0 spiro atoms. The van der Waals surface area contributed by atoms with Crippen molar-refractivity contribution in [3.8, 4) is 0 Å². The molecule has 6 heteroatoms. The Labute approximate surface area is 53.6 Å². The molecule has 0 rings (SSSR count). The van der Waals surface area contributed by atoms with Gasteiger partial charge >= 0.3 is 7.60 Å². The third-order valence-electron chi connectivity index (χ3n) is 0.420. The smallest absolute Gasteiger partial charge is 0.326 e. The van der Waals surface area contributed by atoms with Crippen molar-refractivity contribution in [2.45, 2.75) is 0 Å². The molecule has 0 saturated heterocycles. The summed E-state index contributed by atoms with van der Waals surface area (Å²) in [4.78, 5) is 16.1. The fourth-order valence-corrected chi connectivity index (χ4v) is 0.505. The van der Waals surface area contributed by atoms with Gasteiger partial charge in [-0.2, -0.15) is 0 Å². The average molecular weight is 162 g/mol. The van der Waals surface area contributed by atoms with E-state index in [1.165, 1.54) is 0 Å². The molecule has 0 amide bonds. The van der Waals surface area contributed by atoms with Crippen molar-refractivity contribution in [1.29, 1.82) is 0 Å². The Morgan fingerprint density at radius 3 is 1.88 bits per heavy atom. The van der Waals surface area contributed by atoms with E-state index in [1.54, 1.807) is 0 Å². The molecule has 4 N–H and O–H groups in total. The summed E-state index contributed by atoms with van der Waals surface area (Å²) in [6.07, 6.45) is -0.215. The van der Waals surface area contributed by atoms with E-state index in [4.69, 9.17) is 15.5 Å². The van der Waals surface area contributed by atoms with Crippen molar-refractivity contribution < 1.29 is 14.4 Å². The lowest BCUT2D eigenvalue weighted by Crippen LogP contribution is -2.04. The maximum atomic E-state index is 9.85. The molecule has 0 saturated carbocycles. The van der Waals surface area contributed by atoms with E-state index in [1.807, 2.05) is 0 Å². The summed E-state index contributed by atoms with van der Waals surface area (Å²) in [6.45, 7) is 0.0459. The molecule has 52 valence electrons. The number of hydrogen-bond donors (Lipinski definition) is 3. The molecule has 0 heterocycles. The Morgan fingerprint density at radius 1 is 1.50 bits per heavy atom. The van der Waals surface area contributed by atoms with Crippen LogP contribution in [0.25, 0.3) is 0 Å². The molecule has 0 aliphatic carbocycles. The van der Waals surface area contributed by atoms with Gasteiger partial charge in [0.05, 0.1) is 6.16 Å². The fraction of sp³-hybridized carbons (Fsp3) is 1.00. The van der Waals surface area contributed by atoms with Crippen molar-refractivity contribution in [3.63, 3.8) is 0 Å². The summed E-state index contributed by atoms with van der Waals surface area (Å²) in [5.41, 5.74) is 4.82. The van der Waals surface area contributed by atoms with E-state index in [2.05, 4.69) is 0 Å². The van der Waals surface area contributed by atoms with Gasteiger partial charge in [-0.25, -0.2) is 0 Å². The molecule has 0 aliphatic heterocycles. The summed E-state index contributed by atoms with van der Waals surface area (Å²) in [5.74, 6) is 0. The number of hydrogen-bond acceptors (Lipinski definition) is 2. The van der Waals surface area contributed by atoms with Gasteiger partial charge in [-0.05, 0) is 0 Å². The Bertz CT molecular complexity index is 91.3. The van der Waals surface area contributed by atoms with Crippen molar-refractivity contribution in [3.05, 3.63) is 0 Å². The first kappa shape index (κ1) is 11.2. The van der Waals surface area contributed by atoms with Crippen LogP contribution in [0.15, 0.2) is 0 Å². The van der Waals surface area contributed by atoms with Gasteiger partial charge < -0.3 is 15.5 Å². The van der Waals surface area contributed by atoms with Crippen LogP contribution in [-0.4, -0.2) is 22.5 Å². The predicted octanol–water partition coefficient (Wildman–Crippen LogP) is -0.455. The molecule has 0 radical (unpaired) electrons. The monoisotopic (exact) mass is 161 g/mol. The van der Waals surface area contributed by atoms with E-state index in [9.17, 15) is 4.57 Å². The minimum atomic E-state index is -3.79. The van der Waals surface area contributed by atoms with Crippen LogP contribution < -0.4 is 5.73 Å². The van der Waals surface area contributed by atoms with Crippen LogP contribution in [-0.2, 0) is 4.57 Å². The molecule has 0 aromatic carbocycles. The second-order valence-corrected chi connectivity index (χ2v) is 2.95. The van der Waals surface area contributed by atoms with Crippen molar-refractivity contribution >= 4 is 20.0 Å². The Balaban J connectivity index is 0. The largest absolute Gasteiger partial charge is 0.330 e. The van der Waals surface area contributed by atoms with Crippen LogP contribution >= 0.6 is 20.0 Å². The maximum absolute atomic E-state index is 9.85. The van der Waals surface area contributed by atoms with Gasteiger partial charge in [0, 0.05) is 6.54 Å². The number of halogens is 1. The van der Waals surface area contributed by atoms with Gasteiger partial charge in [0.2, 0.25) is 0 Å². The quantitative estimate of drug-likeness (QED) is 0.479. The number of nitrogens with two attached hydrogens (primary N) is 1. The highest BCUT2D eigenvalue weighted by Gasteiger charge is 2.08. The van der Waals surface area contributed by atoms with Crippen molar-refractivity contribution in [2.75, 3.05) is 12.7 Å². The van der Waals surface area contributed by atoms with E-state index >= 15 is 0 Å². The van der Waals surface area contributed by atoms with Crippen LogP contribution in [0.3, 0.4) is 0 Å². The Kier molecular flexibility index (Phi) is 6.03. The molecular formula is C2H9ClNO3P. The summed E-state index contributed by atoms with van der Waals surface area (Å²) in [7, 11) is -3.79. The Hall–Kier alpha value is 0.400. The van der Waals surface area contributed by atoms with Crippen LogP contribution in [0, 0.1) is 0 Å². The second kappa shape index (κ2) is 4.30. The molecule has 0 aromatic heterocycles. The second-order valence-electron chi connectivity index (χ2n) is 1.18. The van der Waals surface area contributed by atoms with Crippen LogP contribution in [0.4, 0.5) is 0 Å². The predicted molar refractivity (Wildman–Crippen MR) is 33.2 cm³/mol. The third kappa shape index (κ3) is 9.64. The van der Waals surface area contributed by atoms with Gasteiger partial charge in [0.25, 0.3) is 0 Å². The lowest BCUT2D eigenvalue weighted by Gasteiger charge is -1.96. The molecular weight excluding hydrogens is 152 g/mol. The lowest BCUT2D eigenvalue weighted by atomic mass is 10.8. The Morgan fingerprint density at radius 2 is 1.88 bits per heavy atom. The highest BCUT2D eigenvalue weighted by atomic mass is 35.5. The SMILES string of the molecule is Cl.NCCP(=O)(O)O. The van der Waals surface area contributed by atoms with Crippen LogP contribution in [0.2, 0.25) is 0 Å². The zero-order chi connectivity index (χ0) is 5.91. The van der Waals surface area contributed by atoms with E-state index < -0.39 is 7.60 Å². The normalized spacial score (nSPS) is 10.4. The van der Waals surface area contributed by atoms with Crippen molar-refractivity contribution in [1.82, 2.24) is 0 Å². The number of rotatable bonds is 2. The molecule has 0 unspecified atom stereocenters. The minimum absolute atomic E-state index is 0. The topological polar surface area (TPSA) is 83.6 Å². The molecule has 0 bridgehead atoms. The van der Waals surface area contributed by atoms with Gasteiger partial charge in [-0.15, -0.1) is 12.4 Å². The van der Waals surface area contributed by atoms with Gasteiger partial charge in [-0.3, -0.25) is 4.57 Å². The van der Waals surface area contributed by atoms with Gasteiger partial charge in [0.1, 0.15) is 0 Å². The van der Waals surface area contributed by atoms with E-state index in [0.717, 1.165) is 0 Å². The molecule has 0 aromatic rings. The first-order valence-electron chi connectivity index (χ1n) is 1.81. The standard InChI is InChI=1S/C2H8NO3P.ClH/c3-1-2-7(4,5)6;/h1-3H2,(H2,4,5,6);1H. The highest BCUT2D eigenvalue weighted by Crippen LogP contribution is 2.32. The van der Waals surface area contributed by atoms with Crippen LogP contribution in [0.5, 0.6) is 0 Å². The summed E-state index contributed by atoms with van der Waals surface area (Å²) < 4.78 is 9.85. The lowest BCUT2D eigenvalue weighted by molar-refractivity contribution is 0.373. The van der Waals surface area contributed by atoms with Crippen LogP contribution in [0.1, 0.15) is 0 Å². The molecule has 0 aliphatic rings. The van der Waals surface area contributed by atoms with Crippen molar-refractivity contribution in [2.24, 2.45) is 5.73 Å². The van der Waals surface area contributed by atoms with Gasteiger partial charge in [-0.1, -0.05) is 0 Å². The highest BCUT2D eigenvalue weighted by molar-refractivity contribution is 7.51. The maximum Gasteiger partial charge on any atom is 0.326 e. The molecule has 0 atom stereocenters. The molecule has 4 nitrogen and oxygen atoms in total. The summed E-state index contributed by atoms with van der Waals surface area (Å²) in [6, 6.07) is 0. The molecule has 0 fully saturated rings. The summed E-state index contributed by atoms with van der Waals surface area (Å²) in [5, 5.41) is 0. The first-order valence-corrected chi connectivity index (χ1v) is 3.60. The molecule has 8 heavy (non-hydrogen) atoms.